The van der Waals surface area contributed by atoms with E-state index in [4.69, 9.17) is 5.73 Å². The van der Waals surface area contributed by atoms with Gasteiger partial charge in [0.25, 0.3) is 0 Å². The lowest BCUT2D eigenvalue weighted by Gasteiger charge is -2.45. The van der Waals surface area contributed by atoms with E-state index in [2.05, 4.69) is 104 Å². The molecule has 0 saturated heterocycles. The Labute approximate surface area is 191 Å². The van der Waals surface area contributed by atoms with Crippen LogP contribution in [0, 0.1) is 0 Å². The molecule has 0 radical (unpaired) electrons. The van der Waals surface area contributed by atoms with Crippen LogP contribution in [-0.4, -0.2) is 12.7 Å². The Hall–Kier alpha value is -3.09. The summed E-state index contributed by atoms with van der Waals surface area (Å²) < 4.78 is 0. The lowest BCUT2D eigenvalue weighted by atomic mass is 9.67. The summed E-state index contributed by atoms with van der Waals surface area (Å²) in [6.45, 7) is 4.68. The minimum absolute atomic E-state index is 0.340. The van der Waals surface area contributed by atoms with Gasteiger partial charge >= 0.3 is 0 Å². The summed E-state index contributed by atoms with van der Waals surface area (Å²) in [5.74, 6) is 0. The van der Waals surface area contributed by atoms with Crippen LogP contribution in [0.2, 0.25) is 0 Å². The first-order chi connectivity index (χ1) is 15.6. The molecule has 1 unspecified atom stereocenters. The Balaban J connectivity index is 1.85. The summed E-state index contributed by atoms with van der Waals surface area (Å²) in [5.41, 5.74) is 17.2. The molecule has 0 amide bonds. The molecule has 1 aliphatic carbocycles. The summed E-state index contributed by atoms with van der Waals surface area (Å²) in [6.07, 6.45) is 0. The zero-order valence-corrected chi connectivity index (χ0v) is 19.6. The van der Waals surface area contributed by atoms with Crippen LogP contribution in [-0.2, 0) is 5.41 Å². The molecule has 0 saturated carbocycles. The second-order valence-corrected chi connectivity index (χ2v) is 11.7. The first-order valence-electron chi connectivity index (χ1n) is 11.3. The molecule has 1 heterocycles. The zero-order chi connectivity index (χ0) is 22.0. The summed E-state index contributed by atoms with van der Waals surface area (Å²) in [4.78, 5) is 0. The highest BCUT2D eigenvalue weighted by molar-refractivity contribution is 7.74. The van der Waals surface area contributed by atoms with Crippen molar-refractivity contribution in [1.29, 1.82) is 0 Å². The van der Waals surface area contributed by atoms with Crippen LogP contribution in [0.1, 0.15) is 36.1 Å². The van der Waals surface area contributed by atoms with Crippen molar-refractivity contribution in [2.45, 2.75) is 24.9 Å². The van der Waals surface area contributed by atoms with Gasteiger partial charge in [0.15, 0.2) is 0 Å². The van der Waals surface area contributed by atoms with Crippen molar-refractivity contribution < 1.29 is 0 Å². The Morgan fingerprint density at radius 2 is 1.28 bits per heavy atom. The van der Waals surface area contributed by atoms with Crippen molar-refractivity contribution in [2.75, 3.05) is 18.1 Å². The van der Waals surface area contributed by atoms with E-state index in [1.54, 1.807) is 0 Å². The lowest BCUT2D eigenvalue weighted by molar-refractivity contribution is 0.776. The van der Waals surface area contributed by atoms with Crippen LogP contribution in [0.5, 0.6) is 0 Å². The topological polar surface area (TPSA) is 38.0 Å². The van der Waals surface area contributed by atoms with Gasteiger partial charge in [0, 0.05) is 12.4 Å². The zero-order valence-electron chi connectivity index (χ0n) is 18.7. The van der Waals surface area contributed by atoms with Gasteiger partial charge in [-0.05, 0) is 58.3 Å². The number of benzene rings is 4. The number of nitrogen functional groups attached to an aromatic ring is 1. The largest absolute Gasteiger partial charge is 0.397 e. The molecule has 0 aromatic heterocycles. The summed E-state index contributed by atoms with van der Waals surface area (Å²) >= 11 is 0. The van der Waals surface area contributed by atoms with Gasteiger partial charge in [-0.15, -0.1) is 0 Å². The highest BCUT2D eigenvalue weighted by atomic mass is 31.1. The third kappa shape index (κ3) is 2.29. The Morgan fingerprint density at radius 1 is 0.719 bits per heavy atom. The third-order valence-electron chi connectivity index (χ3n) is 7.17. The first kappa shape index (κ1) is 19.6. The van der Waals surface area contributed by atoms with Crippen molar-refractivity contribution in [3.8, 4) is 11.1 Å². The SMILES string of the molecule is CNc1ccc2c(c1N)P(C(C)C)c1ccccc1C21c2ccccc2-c2ccccc21. The predicted octanol–water partition coefficient (Wildman–Crippen LogP) is 5.83. The van der Waals surface area contributed by atoms with Gasteiger partial charge in [-0.3, -0.25) is 0 Å². The molecule has 4 aromatic carbocycles. The van der Waals surface area contributed by atoms with Crippen molar-refractivity contribution in [3.63, 3.8) is 0 Å². The van der Waals surface area contributed by atoms with E-state index in [1.165, 1.54) is 44.0 Å². The highest BCUT2D eigenvalue weighted by Gasteiger charge is 2.52. The average Bonchev–Trinajstić information content (AvgIpc) is 3.11. The summed E-state index contributed by atoms with van der Waals surface area (Å²) in [6, 6.07) is 31.5. The van der Waals surface area contributed by atoms with Crippen LogP contribution >= 0.6 is 7.92 Å². The molecular formula is C29H27N2P. The summed E-state index contributed by atoms with van der Waals surface area (Å²) in [7, 11) is 1.37. The number of nitrogens with one attached hydrogen (secondary N) is 1. The van der Waals surface area contributed by atoms with Gasteiger partial charge in [0.05, 0.1) is 16.8 Å². The molecule has 3 N–H and O–H groups in total. The van der Waals surface area contributed by atoms with Gasteiger partial charge in [-0.2, -0.15) is 0 Å². The monoisotopic (exact) mass is 434 g/mol. The lowest BCUT2D eigenvalue weighted by Crippen LogP contribution is -2.44. The molecule has 2 aliphatic rings. The maximum absolute atomic E-state index is 6.94. The maximum Gasteiger partial charge on any atom is 0.0726 e. The molecule has 0 fully saturated rings. The van der Waals surface area contributed by atoms with Crippen LogP contribution < -0.4 is 21.7 Å². The highest BCUT2D eigenvalue weighted by Crippen LogP contribution is 2.61. The van der Waals surface area contributed by atoms with Gasteiger partial charge < -0.3 is 11.1 Å². The van der Waals surface area contributed by atoms with Crippen molar-refractivity contribution in [3.05, 3.63) is 107 Å². The van der Waals surface area contributed by atoms with E-state index in [1.807, 2.05) is 7.05 Å². The predicted molar refractivity (Wildman–Crippen MR) is 139 cm³/mol. The number of rotatable bonds is 2. The van der Waals surface area contributed by atoms with Gasteiger partial charge in [0.1, 0.15) is 0 Å². The van der Waals surface area contributed by atoms with Gasteiger partial charge in [-0.25, -0.2) is 0 Å². The van der Waals surface area contributed by atoms with Gasteiger partial charge in [-0.1, -0.05) is 92.7 Å². The average molecular weight is 435 g/mol. The molecule has 6 rings (SSSR count). The Morgan fingerprint density at radius 3 is 1.88 bits per heavy atom. The summed E-state index contributed by atoms with van der Waals surface area (Å²) in [5, 5.41) is 6.13. The maximum atomic E-state index is 6.94. The fourth-order valence-electron chi connectivity index (χ4n) is 6.01. The Bertz CT molecular complexity index is 1330. The number of anilines is 2. The molecule has 2 nitrogen and oxygen atoms in total. The van der Waals surface area contributed by atoms with E-state index in [0.717, 1.165) is 11.4 Å². The molecule has 1 atom stereocenters. The standard InChI is InChI=1S/C29H27N2P/c1-18(2)32-26-15-9-8-14-23(26)29(24-16-17-25(31-3)27(30)28(24)32)21-12-6-4-10-19(21)20-11-5-7-13-22(20)29/h4-18,31H,30H2,1-3H3. The van der Waals surface area contributed by atoms with Crippen molar-refractivity contribution in [2.24, 2.45) is 0 Å². The quantitative estimate of drug-likeness (QED) is 0.271. The number of nitrogens with two attached hydrogens (primary N) is 1. The van der Waals surface area contributed by atoms with E-state index in [0.29, 0.717) is 5.66 Å². The third-order valence-corrected chi connectivity index (χ3v) is 10.1. The molecule has 158 valence electrons. The molecule has 1 aliphatic heterocycles. The second-order valence-electron chi connectivity index (χ2n) is 9.00. The molecular weight excluding hydrogens is 407 g/mol. The van der Waals surface area contributed by atoms with Gasteiger partial charge in [0.2, 0.25) is 0 Å². The molecule has 0 bridgehead atoms. The number of hydrogen-bond acceptors (Lipinski definition) is 2. The number of hydrogen-bond donors (Lipinski definition) is 2. The molecule has 3 heteroatoms. The minimum atomic E-state index is -0.591. The van der Waals surface area contributed by atoms with E-state index >= 15 is 0 Å². The van der Waals surface area contributed by atoms with Crippen LogP contribution in [0.25, 0.3) is 11.1 Å². The Kier molecular flexibility index (Phi) is 4.26. The van der Waals surface area contributed by atoms with Crippen LogP contribution in [0.3, 0.4) is 0 Å². The van der Waals surface area contributed by atoms with E-state index in [9.17, 15) is 0 Å². The fraction of sp³-hybridized carbons (Fsp3) is 0.172. The molecule has 4 aromatic rings. The van der Waals surface area contributed by atoms with Crippen molar-refractivity contribution in [1.82, 2.24) is 0 Å². The fourth-order valence-corrected chi connectivity index (χ4v) is 8.95. The van der Waals surface area contributed by atoms with Crippen LogP contribution in [0.15, 0.2) is 84.9 Å². The normalized spacial score (nSPS) is 16.9. The molecule has 32 heavy (non-hydrogen) atoms. The second kappa shape index (κ2) is 6.95. The van der Waals surface area contributed by atoms with Crippen molar-refractivity contribution >= 4 is 29.9 Å². The van der Waals surface area contributed by atoms with Crippen LogP contribution in [0.4, 0.5) is 11.4 Å². The first-order valence-corrected chi connectivity index (χ1v) is 12.7. The smallest absolute Gasteiger partial charge is 0.0726 e. The van der Waals surface area contributed by atoms with E-state index in [-0.39, 0.29) is 5.41 Å². The van der Waals surface area contributed by atoms with E-state index < -0.39 is 7.92 Å². The minimum Gasteiger partial charge on any atom is -0.397 e. The molecule has 1 spiro atoms. The number of fused-ring (bicyclic) bond motifs is 9.